The highest BCUT2D eigenvalue weighted by Gasteiger charge is 2.27. The minimum atomic E-state index is -0.787. The first kappa shape index (κ1) is 21.3. The van der Waals surface area contributed by atoms with E-state index >= 15 is 0 Å². The van der Waals surface area contributed by atoms with Gasteiger partial charge in [0.1, 0.15) is 12.4 Å². The third-order valence-corrected chi connectivity index (χ3v) is 4.66. The molecule has 0 bridgehead atoms. The fourth-order valence-corrected chi connectivity index (χ4v) is 2.76. The van der Waals surface area contributed by atoms with Crippen molar-refractivity contribution in [3.8, 4) is 0 Å². The number of fused-ring (bicyclic) bond motifs is 1. The number of ether oxygens (including phenoxy) is 2. The summed E-state index contributed by atoms with van der Waals surface area (Å²) in [6, 6.07) is -0.787. The molecule has 0 radical (unpaired) electrons. The first-order valence-corrected chi connectivity index (χ1v) is 8.97. The second kappa shape index (κ2) is 9.25. The summed E-state index contributed by atoms with van der Waals surface area (Å²) in [5.41, 5.74) is 2.03. The van der Waals surface area contributed by atoms with Crippen LogP contribution in [-0.2, 0) is 30.3 Å². The maximum Gasteiger partial charge on any atom is 0.328 e. The van der Waals surface area contributed by atoms with Gasteiger partial charge in [-0.25, -0.2) is 14.3 Å². The number of rotatable bonds is 8. The van der Waals surface area contributed by atoms with Crippen molar-refractivity contribution < 1.29 is 23.9 Å². The van der Waals surface area contributed by atoms with Crippen molar-refractivity contribution in [1.29, 1.82) is 0 Å². The summed E-state index contributed by atoms with van der Waals surface area (Å²) >= 11 is 0. The lowest BCUT2D eigenvalue weighted by atomic mass is 9.99. The van der Waals surface area contributed by atoms with Crippen molar-refractivity contribution in [2.75, 3.05) is 13.7 Å². The molecule has 0 aliphatic carbocycles. The number of hydrogen-bond donors (Lipinski definition) is 1. The van der Waals surface area contributed by atoms with Gasteiger partial charge in [-0.2, -0.15) is 10.1 Å². The van der Waals surface area contributed by atoms with Gasteiger partial charge >= 0.3 is 11.9 Å². The van der Waals surface area contributed by atoms with Gasteiger partial charge < -0.3 is 14.8 Å². The van der Waals surface area contributed by atoms with Crippen LogP contribution in [0, 0.1) is 19.8 Å². The van der Waals surface area contributed by atoms with Crippen LogP contribution in [0.4, 0.5) is 0 Å². The topological polar surface area (TPSA) is 125 Å². The maximum atomic E-state index is 12.2. The molecular formula is C18H25N5O5. The second-order valence-electron chi connectivity index (χ2n) is 6.52. The maximum absolute atomic E-state index is 12.2. The van der Waals surface area contributed by atoms with Crippen LogP contribution in [0.1, 0.15) is 37.2 Å². The molecular weight excluding hydrogens is 366 g/mol. The molecule has 10 heteroatoms. The Morgan fingerprint density at radius 3 is 2.64 bits per heavy atom. The molecule has 1 amide bonds. The van der Waals surface area contributed by atoms with Gasteiger partial charge in [0.05, 0.1) is 13.5 Å². The molecule has 1 N–H and O–H groups in total. The molecule has 28 heavy (non-hydrogen) atoms. The Hall–Kier alpha value is -3.04. The number of aromatic nitrogens is 4. The molecule has 2 aromatic rings. The van der Waals surface area contributed by atoms with Gasteiger partial charge in [-0.05, 0) is 19.8 Å². The molecule has 0 aliphatic rings. The minimum absolute atomic E-state index is 0.0560. The van der Waals surface area contributed by atoms with E-state index in [0.717, 1.165) is 5.69 Å². The van der Waals surface area contributed by atoms with Crippen molar-refractivity contribution in [3.05, 3.63) is 23.3 Å². The number of hydrogen-bond acceptors (Lipinski definition) is 8. The Bertz CT molecular complexity index is 879. The van der Waals surface area contributed by atoms with Crippen LogP contribution in [0.5, 0.6) is 0 Å². The van der Waals surface area contributed by atoms with Crippen LogP contribution in [0.25, 0.3) is 5.78 Å². The molecule has 2 heterocycles. The third kappa shape index (κ3) is 4.81. The highest BCUT2D eigenvalue weighted by molar-refractivity contribution is 5.86. The van der Waals surface area contributed by atoms with Crippen LogP contribution >= 0.6 is 0 Å². The van der Waals surface area contributed by atoms with E-state index in [1.54, 1.807) is 13.8 Å². The fourth-order valence-electron chi connectivity index (χ4n) is 2.76. The SMILES string of the molecule is CC[C@H](C)[C@@H](NC(=O)COC(=O)Cc1c(C)nc2ncnn2c1C)C(=O)OC. The number of esters is 2. The predicted octanol–water partition coefficient (Wildman–Crippen LogP) is 0.531. The summed E-state index contributed by atoms with van der Waals surface area (Å²) in [4.78, 5) is 44.4. The molecule has 0 unspecified atom stereocenters. The van der Waals surface area contributed by atoms with Gasteiger partial charge in [0, 0.05) is 17.0 Å². The van der Waals surface area contributed by atoms with Gasteiger partial charge in [-0.1, -0.05) is 20.3 Å². The van der Waals surface area contributed by atoms with Gasteiger partial charge in [0.2, 0.25) is 0 Å². The van der Waals surface area contributed by atoms with Gasteiger partial charge in [0.15, 0.2) is 6.61 Å². The summed E-state index contributed by atoms with van der Waals surface area (Å²) in [6.45, 7) is 6.81. The number of methoxy groups -OCH3 is 1. The lowest BCUT2D eigenvalue weighted by Crippen LogP contribution is -2.47. The number of carbonyl (C=O) groups excluding carboxylic acids is 3. The second-order valence-corrected chi connectivity index (χ2v) is 6.52. The van der Waals surface area contributed by atoms with Crippen LogP contribution in [-0.4, -0.2) is 57.2 Å². The fraction of sp³-hybridized carbons (Fsp3) is 0.556. The van der Waals surface area contributed by atoms with E-state index in [4.69, 9.17) is 9.47 Å². The lowest BCUT2D eigenvalue weighted by molar-refractivity contribution is -0.150. The summed E-state index contributed by atoms with van der Waals surface area (Å²) in [5, 5.41) is 6.62. The molecule has 10 nitrogen and oxygen atoms in total. The van der Waals surface area contributed by atoms with E-state index in [1.807, 2.05) is 13.8 Å². The highest BCUT2D eigenvalue weighted by Crippen LogP contribution is 2.14. The number of nitrogens with one attached hydrogen (secondary N) is 1. The Morgan fingerprint density at radius 1 is 1.29 bits per heavy atom. The Labute approximate surface area is 162 Å². The minimum Gasteiger partial charge on any atom is -0.467 e. The first-order chi connectivity index (χ1) is 13.3. The monoisotopic (exact) mass is 391 g/mol. The van der Waals surface area contributed by atoms with E-state index in [9.17, 15) is 14.4 Å². The smallest absolute Gasteiger partial charge is 0.328 e. The van der Waals surface area contributed by atoms with Gasteiger partial charge in [-0.3, -0.25) is 9.59 Å². The number of carbonyl (C=O) groups is 3. The molecule has 0 saturated heterocycles. The Balaban J connectivity index is 1.97. The van der Waals surface area contributed by atoms with E-state index < -0.39 is 30.5 Å². The average Bonchev–Trinajstić information content (AvgIpc) is 3.14. The first-order valence-electron chi connectivity index (χ1n) is 8.97. The molecule has 2 atom stereocenters. The van der Waals surface area contributed by atoms with Crippen molar-refractivity contribution >= 4 is 23.6 Å². The van der Waals surface area contributed by atoms with E-state index in [-0.39, 0.29) is 12.3 Å². The number of aryl methyl sites for hydroxylation is 2. The van der Waals surface area contributed by atoms with Crippen molar-refractivity contribution in [2.24, 2.45) is 5.92 Å². The zero-order valence-corrected chi connectivity index (χ0v) is 16.7. The van der Waals surface area contributed by atoms with Crippen LogP contribution in [0.2, 0.25) is 0 Å². The van der Waals surface area contributed by atoms with E-state index in [0.29, 0.717) is 23.5 Å². The van der Waals surface area contributed by atoms with Crippen LogP contribution in [0.15, 0.2) is 6.33 Å². The van der Waals surface area contributed by atoms with E-state index in [1.165, 1.54) is 18.0 Å². The van der Waals surface area contributed by atoms with Gasteiger partial charge in [0.25, 0.3) is 11.7 Å². The zero-order chi connectivity index (χ0) is 20.8. The molecule has 2 aromatic heterocycles. The quantitative estimate of drug-likeness (QED) is 0.646. The predicted molar refractivity (Wildman–Crippen MR) is 98.3 cm³/mol. The van der Waals surface area contributed by atoms with Crippen molar-refractivity contribution in [3.63, 3.8) is 0 Å². The molecule has 152 valence electrons. The van der Waals surface area contributed by atoms with Gasteiger partial charge in [-0.15, -0.1) is 0 Å². The number of nitrogens with zero attached hydrogens (tertiary/aromatic N) is 4. The molecule has 0 spiro atoms. The molecule has 2 rings (SSSR count). The Kier molecular flexibility index (Phi) is 7.02. The van der Waals surface area contributed by atoms with Crippen molar-refractivity contribution in [1.82, 2.24) is 24.9 Å². The molecule has 0 saturated carbocycles. The summed E-state index contributed by atoms with van der Waals surface area (Å²) in [6.07, 6.45) is 2.01. The standard InChI is InChI=1S/C18H25N5O5/c1-6-10(2)16(17(26)27-5)22-14(24)8-28-15(25)7-13-11(3)21-18-19-9-20-23(18)12(13)4/h9-10,16H,6-8H2,1-5H3,(H,22,24)/t10-,16+/m0/s1. The lowest BCUT2D eigenvalue weighted by Gasteiger charge is -2.21. The van der Waals surface area contributed by atoms with E-state index in [2.05, 4.69) is 20.4 Å². The summed E-state index contributed by atoms with van der Waals surface area (Å²) in [5.74, 6) is -1.35. The summed E-state index contributed by atoms with van der Waals surface area (Å²) in [7, 11) is 1.26. The number of amides is 1. The Morgan fingerprint density at radius 2 is 2.00 bits per heavy atom. The van der Waals surface area contributed by atoms with Crippen LogP contribution < -0.4 is 5.32 Å². The zero-order valence-electron chi connectivity index (χ0n) is 16.7. The molecule has 0 aliphatic heterocycles. The summed E-state index contributed by atoms with van der Waals surface area (Å²) < 4.78 is 11.3. The van der Waals surface area contributed by atoms with Crippen LogP contribution in [0.3, 0.4) is 0 Å². The highest BCUT2D eigenvalue weighted by atomic mass is 16.5. The third-order valence-electron chi connectivity index (χ3n) is 4.66. The normalized spacial score (nSPS) is 13.0. The van der Waals surface area contributed by atoms with Crippen molar-refractivity contribution in [2.45, 2.75) is 46.6 Å². The molecule has 0 fully saturated rings. The molecule has 0 aromatic carbocycles. The largest absolute Gasteiger partial charge is 0.467 e. The average molecular weight is 391 g/mol.